The summed E-state index contributed by atoms with van der Waals surface area (Å²) in [6.07, 6.45) is 0. The molecule has 0 unspecified atom stereocenters. The molecule has 0 radical (unpaired) electrons. The van der Waals surface area contributed by atoms with E-state index >= 15 is 0 Å². The third kappa shape index (κ3) is 3.25. The topological polar surface area (TPSA) is 78.1 Å². The number of nitrogens with zero attached hydrogens (tertiary/aromatic N) is 2. The van der Waals surface area contributed by atoms with Crippen LogP contribution in [0.1, 0.15) is 16.7 Å². The van der Waals surface area contributed by atoms with Crippen molar-refractivity contribution in [1.29, 1.82) is 10.5 Å². The molecule has 0 aliphatic heterocycles. The molecule has 0 saturated carbocycles. The molecule has 2 rings (SSSR count). The number of nitrogens with one attached hydrogen (secondary N) is 1. The van der Waals surface area contributed by atoms with Crippen molar-refractivity contribution in [3.8, 4) is 23.6 Å². The lowest BCUT2D eigenvalue weighted by atomic mass is 10.2. The zero-order valence-electron chi connectivity index (χ0n) is 11.6. The molecule has 6 heteroatoms. The number of anilines is 1. The quantitative estimate of drug-likeness (QED) is 0.917. The molecule has 106 valence electrons. The molecule has 1 N–H and O–H groups in total. The Labute approximate surface area is 127 Å². The average Bonchev–Trinajstić information content (AvgIpc) is 2.94. The van der Waals surface area contributed by atoms with Gasteiger partial charge in [-0.15, -0.1) is 11.3 Å². The predicted octanol–water partition coefficient (Wildman–Crippen LogP) is 3.12. The van der Waals surface area contributed by atoms with Crippen molar-refractivity contribution >= 4 is 16.3 Å². The summed E-state index contributed by atoms with van der Waals surface area (Å²) in [7, 11) is 3.19. The zero-order chi connectivity index (χ0) is 15.2. The Kier molecular flexibility index (Phi) is 4.65. The number of methoxy groups -OCH3 is 2. The maximum atomic E-state index is 9.11. The molecular formula is C15H13N3O2S. The van der Waals surface area contributed by atoms with Crippen molar-refractivity contribution in [2.45, 2.75) is 6.54 Å². The Balaban J connectivity index is 2.19. The second-order valence-electron chi connectivity index (χ2n) is 4.15. The highest BCUT2D eigenvalue weighted by molar-refractivity contribution is 7.14. The lowest BCUT2D eigenvalue weighted by molar-refractivity contribution is 0.393. The van der Waals surface area contributed by atoms with Gasteiger partial charge in [0.1, 0.15) is 34.2 Å². The third-order valence-corrected chi connectivity index (χ3v) is 3.83. The molecule has 0 spiro atoms. The van der Waals surface area contributed by atoms with Crippen LogP contribution in [0.5, 0.6) is 11.5 Å². The van der Waals surface area contributed by atoms with Crippen molar-refractivity contribution < 1.29 is 9.47 Å². The molecule has 0 saturated heterocycles. The van der Waals surface area contributed by atoms with Gasteiger partial charge < -0.3 is 14.8 Å². The molecule has 0 atom stereocenters. The summed E-state index contributed by atoms with van der Waals surface area (Å²) in [4.78, 5) is 0. The fraction of sp³-hybridized carbons (Fsp3) is 0.200. The maximum Gasteiger partial charge on any atom is 0.122 e. The Hall–Kier alpha value is -2.70. The van der Waals surface area contributed by atoms with E-state index in [0.29, 0.717) is 34.2 Å². The maximum absolute atomic E-state index is 9.11. The number of hydrogen-bond acceptors (Lipinski definition) is 6. The minimum Gasteiger partial charge on any atom is -0.497 e. The summed E-state index contributed by atoms with van der Waals surface area (Å²) >= 11 is 1.35. The van der Waals surface area contributed by atoms with Crippen molar-refractivity contribution in [2.75, 3.05) is 19.5 Å². The van der Waals surface area contributed by atoms with E-state index in [-0.39, 0.29) is 0 Å². The summed E-state index contributed by atoms with van der Waals surface area (Å²) in [5.74, 6) is 1.41. The highest BCUT2D eigenvalue weighted by Gasteiger charge is 2.11. The first-order valence-electron chi connectivity index (χ1n) is 6.09. The van der Waals surface area contributed by atoms with Crippen molar-refractivity contribution in [1.82, 2.24) is 0 Å². The van der Waals surface area contributed by atoms with Crippen molar-refractivity contribution in [3.63, 3.8) is 0 Å². The first kappa shape index (κ1) is 14.7. The predicted molar refractivity (Wildman–Crippen MR) is 80.6 cm³/mol. The highest BCUT2D eigenvalue weighted by atomic mass is 32.1. The van der Waals surface area contributed by atoms with Crippen LogP contribution in [0.4, 0.5) is 5.00 Å². The van der Waals surface area contributed by atoms with Crippen LogP contribution in [-0.2, 0) is 6.54 Å². The molecule has 1 aromatic heterocycles. The van der Waals surface area contributed by atoms with Gasteiger partial charge in [-0.3, -0.25) is 0 Å². The van der Waals surface area contributed by atoms with Crippen LogP contribution in [0, 0.1) is 22.7 Å². The molecule has 1 aromatic carbocycles. The number of benzene rings is 1. The molecule has 0 aliphatic carbocycles. The van der Waals surface area contributed by atoms with Crippen LogP contribution in [0.15, 0.2) is 23.6 Å². The Morgan fingerprint density at radius 1 is 1.10 bits per heavy atom. The van der Waals surface area contributed by atoms with Gasteiger partial charge in [-0.2, -0.15) is 10.5 Å². The second kappa shape index (κ2) is 6.65. The summed E-state index contributed by atoms with van der Waals surface area (Å²) in [6.45, 7) is 0.508. The molecule has 21 heavy (non-hydrogen) atoms. The SMILES string of the molecule is COc1cc(CNc2scc(C#N)c2C#N)cc(OC)c1. The fourth-order valence-corrected chi connectivity index (χ4v) is 2.67. The molecule has 0 fully saturated rings. The number of hydrogen-bond donors (Lipinski definition) is 1. The molecule has 0 aliphatic rings. The summed E-state index contributed by atoms with van der Waals surface area (Å²) in [6, 6.07) is 9.64. The molecular weight excluding hydrogens is 286 g/mol. The molecule has 5 nitrogen and oxygen atoms in total. The Morgan fingerprint density at radius 2 is 1.76 bits per heavy atom. The largest absolute Gasteiger partial charge is 0.497 e. The van der Waals surface area contributed by atoms with Crippen LogP contribution in [0.25, 0.3) is 0 Å². The van der Waals surface area contributed by atoms with E-state index in [0.717, 1.165) is 5.56 Å². The van der Waals surface area contributed by atoms with Gasteiger partial charge >= 0.3 is 0 Å². The smallest absolute Gasteiger partial charge is 0.122 e. The van der Waals surface area contributed by atoms with E-state index < -0.39 is 0 Å². The lowest BCUT2D eigenvalue weighted by Gasteiger charge is -2.09. The van der Waals surface area contributed by atoms with Gasteiger partial charge in [0, 0.05) is 18.0 Å². The number of nitriles is 2. The minimum atomic E-state index is 0.386. The second-order valence-corrected chi connectivity index (χ2v) is 5.03. The molecule has 0 amide bonds. The first-order chi connectivity index (χ1) is 10.2. The first-order valence-corrected chi connectivity index (χ1v) is 6.97. The van der Waals surface area contributed by atoms with E-state index in [1.54, 1.807) is 25.7 Å². The van der Waals surface area contributed by atoms with Gasteiger partial charge in [0.15, 0.2) is 0 Å². The van der Waals surface area contributed by atoms with E-state index in [4.69, 9.17) is 20.0 Å². The molecule has 1 heterocycles. The van der Waals surface area contributed by atoms with E-state index in [1.807, 2.05) is 18.2 Å². The number of thiophene rings is 1. The summed E-state index contributed by atoms with van der Waals surface area (Å²) < 4.78 is 10.4. The average molecular weight is 299 g/mol. The number of rotatable bonds is 5. The van der Waals surface area contributed by atoms with Crippen LogP contribution in [0.2, 0.25) is 0 Å². The van der Waals surface area contributed by atoms with Gasteiger partial charge in [0.25, 0.3) is 0 Å². The Morgan fingerprint density at radius 3 is 2.29 bits per heavy atom. The number of ether oxygens (including phenoxy) is 2. The third-order valence-electron chi connectivity index (χ3n) is 2.89. The van der Waals surface area contributed by atoms with Gasteiger partial charge in [0.05, 0.1) is 19.8 Å². The Bertz CT molecular complexity index is 703. The normalized spacial score (nSPS) is 9.52. The molecule has 0 bridgehead atoms. The summed E-state index contributed by atoms with van der Waals surface area (Å²) in [5, 5.41) is 23.6. The van der Waals surface area contributed by atoms with Gasteiger partial charge in [-0.1, -0.05) is 0 Å². The monoisotopic (exact) mass is 299 g/mol. The van der Waals surface area contributed by atoms with E-state index in [2.05, 4.69) is 11.4 Å². The lowest BCUT2D eigenvalue weighted by Crippen LogP contribution is -2.00. The van der Waals surface area contributed by atoms with Gasteiger partial charge in [-0.25, -0.2) is 0 Å². The van der Waals surface area contributed by atoms with E-state index in [1.165, 1.54) is 11.3 Å². The van der Waals surface area contributed by atoms with Gasteiger partial charge in [0.2, 0.25) is 0 Å². The highest BCUT2D eigenvalue weighted by Crippen LogP contribution is 2.28. The van der Waals surface area contributed by atoms with E-state index in [9.17, 15) is 0 Å². The van der Waals surface area contributed by atoms with Crippen LogP contribution < -0.4 is 14.8 Å². The molecule has 2 aromatic rings. The van der Waals surface area contributed by atoms with Crippen molar-refractivity contribution in [3.05, 3.63) is 40.3 Å². The standard InChI is InChI=1S/C15H13N3O2S/c1-19-12-3-10(4-13(5-12)20-2)8-18-15-14(7-17)11(6-16)9-21-15/h3-5,9,18H,8H2,1-2H3. The van der Waals surface area contributed by atoms with Crippen LogP contribution in [-0.4, -0.2) is 14.2 Å². The minimum absolute atomic E-state index is 0.386. The van der Waals surface area contributed by atoms with Crippen LogP contribution in [0.3, 0.4) is 0 Å². The van der Waals surface area contributed by atoms with Gasteiger partial charge in [-0.05, 0) is 17.7 Å². The van der Waals surface area contributed by atoms with Crippen LogP contribution >= 0.6 is 11.3 Å². The zero-order valence-corrected chi connectivity index (χ0v) is 12.5. The van der Waals surface area contributed by atoms with Crippen molar-refractivity contribution in [2.24, 2.45) is 0 Å². The fourth-order valence-electron chi connectivity index (χ4n) is 1.83. The summed E-state index contributed by atoms with van der Waals surface area (Å²) in [5.41, 5.74) is 1.74.